The van der Waals surface area contributed by atoms with Crippen molar-refractivity contribution in [3.8, 4) is 5.75 Å². The lowest BCUT2D eigenvalue weighted by Crippen LogP contribution is -2.42. The van der Waals surface area contributed by atoms with Gasteiger partial charge in [-0.25, -0.2) is 4.39 Å². The second-order valence-corrected chi connectivity index (χ2v) is 5.74. The average molecular weight is 345 g/mol. The number of rotatable bonds is 7. The molecule has 1 amide bonds. The summed E-state index contributed by atoms with van der Waals surface area (Å²) in [7, 11) is 0. The maximum Gasteiger partial charge on any atom is 0.308 e. The molecule has 0 fully saturated rings. The van der Waals surface area contributed by atoms with Gasteiger partial charge in [-0.1, -0.05) is 36.4 Å². The predicted molar refractivity (Wildman–Crippen MR) is 90.6 cm³/mol. The number of halogens is 1. The lowest BCUT2D eigenvalue weighted by molar-refractivity contribution is -0.142. The van der Waals surface area contributed by atoms with Crippen molar-refractivity contribution in [2.75, 3.05) is 0 Å². The van der Waals surface area contributed by atoms with Gasteiger partial charge >= 0.3 is 5.97 Å². The summed E-state index contributed by atoms with van der Waals surface area (Å²) in [5.74, 6) is -2.57. The quantitative estimate of drug-likeness (QED) is 0.808. The fourth-order valence-corrected chi connectivity index (χ4v) is 2.37. The number of amides is 1. The van der Waals surface area contributed by atoms with Gasteiger partial charge in [-0.15, -0.1) is 0 Å². The Labute approximate surface area is 145 Å². The molecular weight excluding hydrogens is 325 g/mol. The van der Waals surface area contributed by atoms with Crippen molar-refractivity contribution in [1.29, 1.82) is 0 Å². The van der Waals surface area contributed by atoms with Crippen LogP contribution in [0.3, 0.4) is 0 Å². The standard InChI is InChI=1S/C19H20FNO4/c1-12(19(23)24)17(14-7-4-3-5-8-14)21-18(22)13(2)25-16-10-6-9-15(20)11-16/h3-13,17H,1-2H3,(H,21,22)(H,23,24). The van der Waals surface area contributed by atoms with Gasteiger partial charge < -0.3 is 15.2 Å². The number of carboxylic acid groups (broad SMARTS) is 1. The average Bonchev–Trinajstić information content (AvgIpc) is 2.59. The van der Waals surface area contributed by atoms with Crippen LogP contribution in [0.25, 0.3) is 0 Å². The molecule has 3 atom stereocenters. The number of carbonyl (C=O) groups excluding carboxylic acids is 1. The third-order valence-corrected chi connectivity index (χ3v) is 3.82. The van der Waals surface area contributed by atoms with Crippen LogP contribution in [0, 0.1) is 11.7 Å². The van der Waals surface area contributed by atoms with Gasteiger partial charge in [0.1, 0.15) is 11.6 Å². The van der Waals surface area contributed by atoms with Gasteiger partial charge in [-0.3, -0.25) is 9.59 Å². The van der Waals surface area contributed by atoms with Crippen LogP contribution in [-0.4, -0.2) is 23.1 Å². The van der Waals surface area contributed by atoms with Crippen molar-refractivity contribution in [1.82, 2.24) is 5.32 Å². The summed E-state index contributed by atoms with van der Waals surface area (Å²) in [5.41, 5.74) is 0.684. The molecule has 0 aliphatic carbocycles. The van der Waals surface area contributed by atoms with E-state index in [9.17, 15) is 19.1 Å². The van der Waals surface area contributed by atoms with Crippen LogP contribution >= 0.6 is 0 Å². The molecule has 0 saturated heterocycles. The first-order chi connectivity index (χ1) is 11.9. The zero-order valence-electron chi connectivity index (χ0n) is 14.0. The van der Waals surface area contributed by atoms with Crippen molar-refractivity contribution in [2.24, 2.45) is 5.92 Å². The monoisotopic (exact) mass is 345 g/mol. The molecule has 0 bridgehead atoms. The lowest BCUT2D eigenvalue weighted by Gasteiger charge is -2.25. The Balaban J connectivity index is 2.12. The highest BCUT2D eigenvalue weighted by atomic mass is 19.1. The number of ether oxygens (including phenoxy) is 1. The van der Waals surface area contributed by atoms with E-state index in [0.29, 0.717) is 5.56 Å². The normalized spacial score (nSPS) is 14.2. The second-order valence-electron chi connectivity index (χ2n) is 5.74. The third-order valence-electron chi connectivity index (χ3n) is 3.82. The molecule has 6 heteroatoms. The number of hydrogen-bond acceptors (Lipinski definition) is 3. The summed E-state index contributed by atoms with van der Waals surface area (Å²) >= 11 is 0. The SMILES string of the molecule is CC(Oc1cccc(F)c1)C(=O)NC(c1ccccc1)C(C)C(=O)O. The Morgan fingerprint density at radius 2 is 1.76 bits per heavy atom. The molecule has 0 saturated carbocycles. The van der Waals surface area contributed by atoms with Crippen molar-refractivity contribution < 1.29 is 23.8 Å². The van der Waals surface area contributed by atoms with Crippen molar-refractivity contribution in [3.63, 3.8) is 0 Å². The molecule has 3 unspecified atom stereocenters. The molecule has 0 spiro atoms. The fraction of sp³-hybridized carbons (Fsp3) is 0.263. The van der Waals surface area contributed by atoms with Gasteiger partial charge in [-0.05, 0) is 31.5 Å². The van der Waals surface area contributed by atoms with Crippen LogP contribution in [0.5, 0.6) is 5.75 Å². The molecule has 0 aliphatic heterocycles. The van der Waals surface area contributed by atoms with E-state index in [1.165, 1.54) is 32.0 Å². The molecule has 0 aliphatic rings. The van der Waals surface area contributed by atoms with Gasteiger partial charge in [0.15, 0.2) is 6.10 Å². The van der Waals surface area contributed by atoms with E-state index in [2.05, 4.69) is 5.32 Å². The molecule has 0 radical (unpaired) electrons. The van der Waals surface area contributed by atoms with E-state index in [-0.39, 0.29) is 5.75 Å². The minimum absolute atomic E-state index is 0.227. The predicted octanol–water partition coefficient (Wildman–Crippen LogP) is 3.17. The number of aliphatic carboxylic acids is 1. The second kappa shape index (κ2) is 8.28. The topological polar surface area (TPSA) is 75.6 Å². The van der Waals surface area contributed by atoms with Gasteiger partial charge in [0.25, 0.3) is 5.91 Å². The molecule has 2 rings (SSSR count). The van der Waals surface area contributed by atoms with Crippen molar-refractivity contribution in [2.45, 2.75) is 26.0 Å². The van der Waals surface area contributed by atoms with Crippen LogP contribution in [0.15, 0.2) is 54.6 Å². The molecule has 132 valence electrons. The van der Waals surface area contributed by atoms with Gasteiger partial charge in [0.05, 0.1) is 12.0 Å². The van der Waals surface area contributed by atoms with E-state index >= 15 is 0 Å². The van der Waals surface area contributed by atoms with Gasteiger partial charge in [-0.2, -0.15) is 0 Å². The van der Waals surface area contributed by atoms with Crippen LogP contribution in [-0.2, 0) is 9.59 Å². The van der Waals surface area contributed by atoms with Crippen LogP contribution < -0.4 is 10.1 Å². The summed E-state index contributed by atoms with van der Waals surface area (Å²) in [6, 6.07) is 13.6. The first-order valence-corrected chi connectivity index (χ1v) is 7.89. The Morgan fingerprint density at radius 3 is 2.36 bits per heavy atom. The van der Waals surface area contributed by atoms with E-state index in [1.54, 1.807) is 30.3 Å². The summed E-state index contributed by atoms with van der Waals surface area (Å²) in [4.78, 5) is 23.8. The van der Waals surface area contributed by atoms with E-state index in [0.717, 1.165) is 0 Å². The third kappa shape index (κ3) is 5.04. The highest BCUT2D eigenvalue weighted by Gasteiger charge is 2.28. The summed E-state index contributed by atoms with van der Waals surface area (Å²) in [5, 5.41) is 12.0. The number of benzene rings is 2. The zero-order chi connectivity index (χ0) is 18.4. The molecule has 0 heterocycles. The minimum atomic E-state index is -1.02. The van der Waals surface area contributed by atoms with Gasteiger partial charge in [0, 0.05) is 6.07 Å². The largest absolute Gasteiger partial charge is 0.481 e. The summed E-state index contributed by atoms with van der Waals surface area (Å²) < 4.78 is 18.6. The van der Waals surface area contributed by atoms with Crippen LogP contribution in [0.1, 0.15) is 25.5 Å². The Hall–Kier alpha value is -2.89. The van der Waals surface area contributed by atoms with Crippen LogP contribution in [0.4, 0.5) is 4.39 Å². The molecule has 2 N–H and O–H groups in total. The van der Waals surface area contributed by atoms with E-state index in [1.807, 2.05) is 6.07 Å². The maximum absolute atomic E-state index is 13.2. The summed E-state index contributed by atoms with van der Waals surface area (Å²) in [6.45, 7) is 3.05. The molecule has 2 aromatic rings. The fourth-order valence-electron chi connectivity index (χ4n) is 2.37. The number of carboxylic acids is 1. The number of carbonyl (C=O) groups is 2. The van der Waals surface area contributed by atoms with E-state index in [4.69, 9.17) is 4.74 Å². The molecule has 25 heavy (non-hydrogen) atoms. The lowest BCUT2D eigenvalue weighted by atomic mass is 9.94. The molecule has 5 nitrogen and oxygen atoms in total. The number of hydrogen-bond donors (Lipinski definition) is 2. The first kappa shape index (κ1) is 18.4. The first-order valence-electron chi connectivity index (χ1n) is 7.89. The van der Waals surface area contributed by atoms with Gasteiger partial charge in [0.2, 0.25) is 0 Å². The van der Waals surface area contributed by atoms with E-state index < -0.39 is 35.8 Å². The van der Waals surface area contributed by atoms with Crippen LogP contribution in [0.2, 0.25) is 0 Å². The zero-order valence-corrected chi connectivity index (χ0v) is 14.0. The Morgan fingerprint density at radius 1 is 1.08 bits per heavy atom. The molecule has 0 aromatic heterocycles. The van der Waals surface area contributed by atoms with Crippen molar-refractivity contribution >= 4 is 11.9 Å². The maximum atomic E-state index is 13.2. The minimum Gasteiger partial charge on any atom is -0.481 e. The smallest absolute Gasteiger partial charge is 0.308 e. The Bertz CT molecular complexity index is 735. The Kier molecular flexibility index (Phi) is 6.11. The highest BCUT2D eigenvalue weighted by molar-refractivity contribution is 5.82. The molecular formula is C19H20FNO4. The highest BCUT2D eigenvalue weighted by Crippen LogP contribution is 2.23. The van der Waals surface area contributed by atoms with Crippen molar-refractivity contribution in [3.05, 3.63) is 66.0 Å². The molecule has 2 aromatic carbocycles. The summed E-state index contributed by atoms with van der Waals surface area (Å²) in [6.07, 6.45) is -0.908. The number of nitrogens with one attached hydrogen (secondary N) is 1.